The van der Waals surface area contributed by atoms with E-state index in [0.717, 1.165) is 0 Å². The normalized spacial score (nSPS) is 10.0. The summed E-state index contributed by atoms with van der Waals surface area (Å²) >= 11 is 5.61. The number of aromatic nitrogens is 2. The summed E-state index contributed by atoms with van der Waals surface area (Å²) in [4.78, 5) is 10.5. The highest BCUT2D eigenvalue weighted by Crippen LogP contribution is 2.04. The zero-order valence-electron chi connectivity index (χ0n) is 6.25. The van der Waals surface area contributed by atoms with Crippen LogP contribution in [0.4, 0.5) is 0 Å². The Hall–Kier alpha value is -0.830. The molecule has 0 N–H and O–H groups in total. The van der Waals surface area contributed by atoms with Crippen LogP contribution in [-0.2, 0) is 11.3 Å². The molecule has 4 heteroatoms. The zero-order valence-corrected chi connectivity index (χ0v) is 7.01. The largest absolute Gasteiger partial charge is 0.300 e. The number of Topliss-reactive ketones (excluding diaryl/α,β-unsaturated/α-hetero) is 1. The van der Waals surface area contributed by atoms with Crippen LogP contribution in [0.15, 0.2) is 12.4 Å². The smallest absolute Gasteiger partial charge is 0.131 e. The van der Waals surface area contributed by atoms with Gasteiger partial charge in [-0.1, -0.05) is 11.6 Å². The second kappa shape index (κ2) is 3.53. The molecule has 0 radical (unpaired) electrons. The Bertz CT molecular complexity index is 257. The van der Waals surface area contributed by atoms with Crippen molar-refractivity contribution in [3.63, 3.8) is 0 Å². The van der Waals surface area contributed by atoms with Gasteiger partial charge in [-0.25, -0.2) is 0 Å². The summed E-state index contributed by atoms with van der Waals surface area (Å²) in [5.41, 5.74) is 0. The van der Waals surface area contributed by atoms with Gasteiger partial charge in [0.15, 0.2) is 0 Å². The average Bonchev–Trinajstić information content (AvgIpc) is 2.31. The fourth-order valence-electron chi connectivity index (χ4n) is 0.733. The zero-order chi connectivity index (χ0) is 8.27. The van der Waals surface area contributed by atoms with Crippen molar-refractivity contribution < 1.29 is 4.79 Å². The van der Waals surface area contributed by atoms with Crippen molar-refractivity contribution in [1.82, 2.24) is 9.78 Å². The third-order valence-corrected chi connectivity index (χ3v) is 1.49. The highest BCUT2D eigenvalue weighted by molar-refractivity contribution is 6.30. The third kappa shape index (κ3) is 2.72. The summed E-state index contributed by atoms with van der Waals surface area (Å²) < 4.78 is 1.66. The molecule has 0 unspecified atom stereocenters. The van der Waals surface area contributed by atoms with Crippen LogP contribution in [0.5, 0.6) is 0 Å². The monoisotopic (exact) mass is 172 g/mol. The van der Waals surface area contributed by atoms with E-state index >= 15 is 0 Å². The minimum absolute atomic E-state index is 0.164. The number of ketones is 1. The summed E-state index contributed by atoms with van der Waals surface area (Å²) in [7, 11) is 0. The van der Waals surface area contributed by atoms with Gasteiger partial charge in [0.05, 0.1) is 11.2 Å². The molecule has 0 aliphatic heterocycles. The molecule has 0 aliphatic carbocycles. The lowest BCUT2D eigenvalue weighted by Gasteiger charge is -1.95. The first-order valence-electron chi connectivity index (χ1n) is 3.36. The van der Waals surface area contributed by atoms with Crippen molar-refractivity contribution in [3.8, 4) is 0 Å². The van der Waals surface area contributed by atoms with Gasteiger partial charge >= 0.3 is 0 Å². The molecule has 0 bridgehead atoms. The molecule has 0 saturated heterocycles. The van der Waals surface area contributed by atoms with Gasteiger partial charge < -0.3 is 0 Å². The Labute approximate surface area is 70.0 Å². The van der Waals surface area contributed by atoms with Crippen LogP contribution in [0.25, 0.3) is 0 Å². The van der Waals surface area contributed by atoms with Crippen molar-refractivity contribution in [2.24, 2.45) is 0 Å². The van der Waals surface area contributed by atoms with E-state index in [1.54, 1.807) is 24.0 Å². The van der Waals surface area contributed by atoms with E-state index < -0.39 is 0 Å². The van der Waals surface area contributed by atoms with Crippen molar-refractivity contribution in [3.05, 3.63) is 17.4 Å². The lowest BCUT2D eigenvalue weighted by Crippen LogP contribution is -2.02. The van der Waals surface area contributed by atoms with Crippen LogP contribution in [0, 0.1) is 0 Å². The van der Waals surface area contributed by atoms with Crippen LogP contribution >= 0.6 is 11.6 Å². The quantitative estimate of drug-likeness (QED) is 0.693. The molecular weight excluding hydrogens is 164 g/mol. The van der Waals surface area contributed by atoms with E-state index in [2.05, 4.69) is 5.10 Å². The number of hydrogen-bond donors (Lipinski definition) is 0. The van der Waals surface area contributed by atoms with Gasteiger partial charge in [-0.2, -0.15) is 5.10 Å². The van der Waals surface area contributed by atoms with Crippen LogP contribution in [0.1, 0.15) is 13.3 Å². The number of carbonyl (C=O) groups is 1. The molecule has 1 heterocycles. The van der Waals surface area contributed by atoms with E-state index in [1.807, 2.05) is 0 Å². The molecule has 0 spiro atoms. The highest BCUT2D eigenvalue weighted by atomic mass is 35.5. The molecule has 60 valence electrons. The maximum Gasteiger partial charge on any atom is 0.131 e. The molecular formula is C7H9ClN2O. The summed E-state index contributed by atoms with van der Waals surface area (Å²) in [6.45, 7) is 2.17. The van der Waals surface area contributed by atoms with Crippen LogP contribution < -0.4 is 0 Å². The highest BCUT2D eigenvalue weighted by Gasteiger charge is 1.96. The van der Waals surface area contributed by atoms with Gasteiger partial charge in [0, 0.05) is 19.2 Å². The number of halogens is 1. The van der Waals surface area contributed by atoms with E-state index in [4.69, 9.17) is 11.6 Å². The minimum Gasteiger partial charge on any atom is -0.300 e. The van der Waals surface area contributed by atoms with Crippen molar-refractivity contribution in [2.75, 3.05) is 0 Å². The lowest BCUT2D eigenvalue weighted by molar-refractivity contribution is -0.117. The molecule has 0 aliphatic rings. The number of carbonyl (C=O) groups excluding carboxylic acids is 1. The first-order chi connectivity index (χ1) is 5.18. The SMILES string of the molecule is CC(=O)CCn1cc(Cl)cn1. The Morgan fingerprint density at radius 3 is 3.00 bits per heavy atom. The Kier molecular flexibility index (Phi) is 2.65. The predicted octanol–water partition coefficient (Wildman–Crippen LogP) is 1.52. The van der Waals surface area contributed by atoms with E-state index in [1.165, 1.54) is 0 Å². The van der Waals surface area contributed by atoms with Crippen molar-refractivity contribution >= 4 is 17.4 Å². The summed E-state index contributed by atoms with van der Waals surface area (Å²) in [6, 6.07) is 0. The van der Waals surface area contributed by atoms with Gasteiger partial charge in [-0.05, 0) is 6.92 Å². The van der Waals surface area contributed by atoms with E-state index in [-0.39, 0.29) is 5.78 Å². The third-order valence-electron chi connectivity index (χ3n) is 1.29. The number of aryl methyl sites for hydroxylation is 1. The fourth-order valence-corrected chi connectivity index (χ4v) is 0.889. The number of hydrogen-bond acceptors (Lipinski definition) is 2. The van der Waals surface area contributed by atoms with Crippen molar-refractivity contribution in [2.45, 2.75) is 19.9 Å². The minimum atomic E-state index is 0.164. The molecule has 0 saturated carbocycles. The first kappa shape index (κ1) is 8.27. The standard InChI is InChI=1S/C7H9ClN2O/c1-6(11)2-3-10-5-7(8)4-9-10/h4-5H,2-3H2,1H3. The maximum absolute atomic E-state index is 10.5. The van der Waals surface area contributed by atoms with Gasteiger partial charge in [0.2, 0.25) is 0 Å². The molecule has 11 heavy (non-hydrogen) atoms. The lowest BCUT2D eigenvalue weighted by atomic mass is 10.3. The summed E-state index contributed by atoms with van der Waals surface area (Å²) in [5.74, 6) is 0.164. The summed E-state index contributed by atoms with van der Waals surface area (Å²) in [6.07, 6.45) is 3.77. The number of nitrogens with zero attached hydrogens (tertiary/aromatic N) is 2. The predicted molar refractivity (Wildman–Crippen MR) is 42.5 cm³/mol. The van der Waals surface area contributed by atoms with Gasteiger partial charge in [0.1, 0.15) is 5.78 Å². The Morgan fingerprint density at radius 1 is 1.82 bits per heavy atom. The maximum atomic E-state index is 10.5. The van der Waals surface area contributed by atoms with Gasteiger partial charge in [-0.15, -0.1) is 0 Å². The fraction of sp³-hybridized carbons (Fsp3) is 0.429. The molecule has 3 nitrogen and oxygen atoms in total. The van der Waals surface area contributed by atoms with Crippen LogP contribution in [-0.4, -0.2) is 15.6 Å². The van der Waals surface area contributed by atoms with Gasteiger partial charge in [0.25, 0.3) is 0 Å². The number of rotatable bonds is 3. The molecule has 1 rings (SSSR count). The molecule has 0 fully saturated rings. The molecule has 0 aromatic carbocycles. The first-order valence-corrected chi connectivity index (χ1v) is 3.73. The molecule has 0 atom stereocenters. The van der Waals surface area contributed by atoms with E-state index in [0.29, 0.717) is 18.0 Å². The molecule has 0 amide bonds. The Balaban J connectivity index is 2.45. The van der Waals surface area contributed by atoms with Crippen LogP contribution in [0.3, 0.4) is 0 Å². The molecule has 1 aromatic heterocycles. The van der Waals surface area contributed by atoms with Crippen LogP contribution in [0.2, 0.25) is 5.02 Å². The second-order valence-electron chi connectivity index (χ2n) is 2.37. The summed E-state index contributed by atoms with van der Waals surface area (Å²) in [5, 5.41) is 4.53. The Morgan fingerprint density at radius 2 is 2.55 bits per heavy atom. The average molecular weight is 173 g/mol. The van der Waals surface area contributed by atoms with Gasteiger partial charge in [-0.3, -0.25) is 9.48 Å². The van der Waals surface area contributed by atoms with E-state index in [9.17, 15) is 4.79 Å². The molecule has 1 aromatic rings. The topological polar surface area (TPSA) is 34.9 Å². The van der Waals surface area contributed by atoms with Crippen molar-refractivity contribution in [1.29, 1.82) is 0 Å². The second-order valence-corrected chi connectivity index (χ2v) is 2.81.